The van der Waals surface area contributed by atoms with E-state index in [1.165, 1.54) is 0 Å². The smallest absolute Gasteiger partial charge is 0.307 e. The number of aromatic nitrogens is 2. The van der Waals surface area contributed by atoms with Gasteiger partial charge in [-0.2, -0.15) is 0 Å². The molecule has 1 aliphatic rings. The Morgan fingerprint density at radius 3 is 2.95 bits per heavy atom. The summed E-state index contributed by atoms with van der Waals surface area (Å²) in [6.45, 7) is 2.70. The summed E-state index contributed by atoms with van der Waals surface area (Å²) in [6.07, 6.45) is 3.59. The molecule has 0 saturated carbocycles. The summed E-state index contributed by atoms with van der Waals surface area (Å²) in [7, 11) is 0. The molecule has 3 rings (SSSR count). The van der Waals surface area contributed by atoms with Gasteiger partial charge in [0.25, 0.3) is 0 Å². The number of nitrogens with zero attached hydrogens (tertiary/aromatic N) is 3. The third-order valence-corrected chi connectivity index (χ3v) is 3.23. The second-order valence-electron chi connectivity index (χ2n) is 4.58. The lowest BCUT2D eigenvalue weighted by Gasteiger charge is -2.31. The maximum Gasteiger partial charge on any atom is 0.307 e. The molecule has 6 nitrogen and oxygen atoms in total. The van der Waals surface area contributed by atoms with E-state index in [9.17, 15) is 4.79 Å². The van der Waals surface area contributed by atoms with E-state index in [1.54, 1.807) is 19.3 Å². The molecule has 108 valence electrons. The molecule has 1 aromatic carbocycles. The number of hydrogen-bond donors (Lipinski definition) is 1. The van der Waals surface area contributed by atoms with Crippen LogP contribution in [-0.2, 0) is 9.53 Å². The van der Waals surface area contributed by atoms with Crippen molar-refractivity contribution in [2.75, 3.05) is 23.4 Å². The zero-order valence-corrected chi connectivity index (χ0v) is 11.7. The average molecular weight is 284 g/mol. The molecular formula is C15H16N4O2. The average Bonchev–Trinajstić information content (AvgIpc) is 2.51. The normalized spacial score (nSPS) is 12.1. The maximum atomic E-state index is 11.6. The summed E-state index contributed by atoms with van der Waals surface area (Å²) in [5.74, 6) is 1.21. The number of anilines is 4. The molecular weight excluding hydrogens is 268 g/mol. The SMILES string of the molecule is CCOC(=O)CCN1c2ccccc2Nc2nccnc21. The number of carbonyl (C=O) groups excluding carboxylic acids is 1. The molecule has 21 heavy (non-hydrogen) atoms. The van der Waals surface area contributed by atoms with E-state index in [0.29, 0.717) is 25.4 Å². The highest BCUT2D eigenvalue weighted by Crippen LogP contribution is 2.40. The van der Waals surface area contributed by atoms with Gasteiger partial charge in [0.15, 0.2) is 11.6 Å². The molecule has 0 unspecified atom stereocenters. The van der Waals surface area contributed by atoms with Crippen LogP contribution in [0.2, 0.25) is 0 Å². The van der Waals surface area contributed by atoms with Crippen LogP contribution in [0.5, 0.6) is 0 Å². The zero-order valence-electron chi connectivity index (χ0n) is 11.7. The Morgan fingerprint density at radius 1 is 1.29 bits per heavy atom. The van der Waals surface area contributed by atoms with E-state index in [0.717, 1.165) is 17.2 Å². The summed E-state index contributed by atoms with van der Waals surface area (Å²) in [5.41, 5.74) is 1.93. The predicted molar refractivity (Wildman–Crippen MR) is 80.0 cm³/mol. The van der Waals surface area contributed by atoms with Crippen LogP contribution in [0.1, 0.15) is 13.3 Å². The molecule has 1 aliphatic heterocycles. The number of fused-ring (bicyclic) bond motifs is 2. The van der Waals surface area contributed by atoms with E-state index >= 15 is 0 Å². The van der Waals surface area contributed by atoms with Crippen LogP contribution in [0.4, 0.5) is 23.0 Å². The van der Waals surface area contributed by atoms with Crippen molar-refractivity contribution in [3.8, 4) is 0 Å². The molecule has 0 radical (unpaired) electrons. The molecule has 1 N–H and O–H groups in total. The Kier molecular flexibility index (Phi) is 3.68. The van der Waals surface area contributed by atoms with Gasteiger partial charge in [0.05, 0.1) is 24.4 Å². The first-order chi connectivity index (χ1) is 10.3. The molecule has 1 aromatic heterocycles. The van der Waals surface area contributed by atoms with Crippen LogP contribution >= 0.6 is 0 Å². The minimum atomic E-state index is -0.209. The number of hydrogen-bond acceptors (Lipinski definition) is 6. The third kappa shape index (κ3) is 2.65. The Balaban J connectivity index is 1.89. The number of benzene rings is 1. The number of ether oxygens (including phenoxy) is 1. The van der Waals surface area contributed by atoms with Gasteiger partial charge < -0.3 is 15.0 Å². The van der Waals surface area contributed by atoms with Crippen LogP contribution in [0, 0.1) is 0 Å². The summed E-state index contributed by atoms with van der Waals surface area (Å²) >= 11 is 0. The van der Waals surface area contributed by atoms with Crippen LogP contribution in [0.3, 0.4) is 0 Å². The van der Waals surface area contributed by atoms with Crippen LogP contribution < -0.4 is 10.2 Å². The third-order valence-electron chi connectivity index (χ3n) is 3.23. The topological polar surface area (TPSA) is 67.3 Å². The van der Waals surface area contributed by atoms with Crippen molar-refractivity contribution in [2.45, 2.75) is 13.3 Å². The molecule has 2 heterocycles. The predicted octanol–water partition coefficient (Wildman–Crippen LogP) is 2.62. The van der Waals surface area contributed by atoms with Crippen molar-refractivity contribution in [3.63, 3.8) is 0 Å². The fourth-order valence-electron chi connectivity index (χ4n) is 2.34. The molecule has 0 bridgehead atoms. The second-order valence-corrected chi connectivity index (χ2v) is 4.58. The van der Waals surface area contributed by atoms with Crippen molar-refractivity contribution in [1.29, 1.82) is 0 Å². The number of rotatable bonds is 4. The fourth-order valence-corrected chi connectivity index (χ4v) is 2.34. The van der Waals surface area contributed by atoms with Crippen molar-refractivity contribution in [2.24, 2.45) is 0 Å². The number of carbonyl (C=O) groups is 1. The van der Waals surface area contributed by atoms with Gasteiger partial charge in [-0.3, -0.25) is 4.79 Å². The lowest BCUT2D eigenvalue weighted by molar-refractivity contribution is -0.142. The maximum absolute atomic E-state index is 11.6. The van der Waals surface area contributed by atoms with E-state index in [2.05, 4.69) is 15.3 Å². The zero-order chi connectivity index (χ0) is 14.7. The van der Waals surface area contributed by atoms with Gasteiger partial charge in [-0.1, -0.05) is 12.1 Å². The number of para-hydroxylation sites is 2. The highest BCUT2D eigenvalue weighted by molar-refractivity contribution is 5.88. The first-order valence-corrected chi connectivity index (χ1v) is 6.90. The Morgan fingerprint density at radius 2 is 2.10 bits per heavy atom. The first kappa shape index (κ1) is 13.4. The minimum absolute atomic E-state index is 0.209. The van der Waals surface area contributed by atoms with E-state index in [4.69, 9.17) is 4.74 Å². The van der Waals surface area contributed by atoms with Gasteiger partial charge in [0.2, 0.25) is 0 Å². The van der Waals surface area contributed by atoms with E-state index < -0.39 is 0 Å². The van der Waals surface area contributed by atoms with E-state index in [1.807, 2.05) is 29.2 Å². The Bertz CT molecular complexity index is 614. The molecule has 0 atom stereocenters. The van der Waals surface area contributed by atoms with Crippen LogP contribution in [0.15, 0.2) is 36.7 Å². The van der Waals surface area contributed by atoms with Gasteiger partial charge in [-0.15, -0.1) is 0 Å². The summed E-state index contributed by atoms with van der Waals surface area (Å²) < 4.78 is 4.99. The van der Waals surface area contributed by atoms with Gasteiger partial charge in [-0.05, 0) is 19.1 Å². The molecule has 0 aliphatic carbocycles. The largest absolute Gasteiger partial charge is 0.466 e. The van der Waals surface area contributed by atoms with Crippen molar-refractivity contribution in [3.05, 3.63) is 36.7 Å². The highest BCUT2D eigenvalue weighted by atomic mass is 16.5. The summed E-state index contributed by atoms with van der Waals surface area (Å²) in [6, 6.07) is 7.88. The molecule has 0 amide bonds. The second kappa shape index (κ2) is 5.78. The molecule has 6 heteroatoms. The van der Waals surface area contributed by atoms with Gasteiger partial charge in [-0.25, -0.2) is 9.97 Å². The highest BCUT2D eigenvalue weighted by Gasteiger charge is 2.24. The van der Waals surface area contributed by atoms with Gasteiger partial charge in [0, 0.05) is 18.9 Å². The monoisotopic (exact) mass is 284 g/mol. The van der Waals surface area contributed by atoms with Gasteiger partial charge >= 0.3 is 5.97 Å². The van der Waals surface area contributed by atoms with E-state index in [-0.39, 0.29) is 5.97 Å². The fraction of sp³-hybridized carbons (Fsp3) is 0.267. The quantitative estimate of drug-likeness (QED) is 0.870. The Hall–Kier alpha value is -2.63. The molecule has 0 fully saturated rings. The standard InChI is InChI=1S/C15H16N4O2/c1-2-21-13(20)7-10-19-12-6-4-3-5-11(12)18-14-15(19)17-9-8-16-14/h3-6,8-9H,2,7,10H2,1H3,(H,16,18). The van der Waals surface area contributed by atoms with Crippen molar-refractivity contribution in [1.82, 2.24) is 9.97 Å². The van der Waals surface area contributed by atoms with Crippen molar-refractivity contribution >= 4 is 29.0 Å². The van der Waals surface area contributed by atoms with Crippen LogP contribution in [-0.4, -0.2) is 29.1 Å². The summed E-state index contributed by atoms with van der Waals surface area (Å²) in [5, 5.41) is 3.25. The lowest BCUT2D eigenvalue weighted by Crippen LogP contribution is -2.27. The molecule has 2 aromatic rings. The molecule has 0 spiro atoms. The number of esters is 1. The Labute approximate surface area is 122 Å². The lowest BCUT2D eigenvalue weighted by atomic mass is 10.2. The summed E-state index contributed by atoms with van der Waals surface area (Å²) in [4.78, 5) is 22.3. The first-order valence-electron chi connectivity index (χ1n) is 6.90. The van der Waals surface area contributed by atoms with Gasteiger partial charge in [0.1, 0.15) is 0 Å². The minimum Gasteiger partial charge on any atom is -0.466 e. The molecule has 0 saturated heterocycles. The van der Waals surface area contributed by atoms with Crippen molar-refractivity contribution < 1.29 is 9.53 Å². The number of nitrogens with one attached hydrogen (secondary N) is 1. The van der Waals surface area contributed by atoms with Crippen LogP contribution in [0.25, 0.3) is 0 Å².